The predicted molar refractivity (Wildman–Crippen MR) is 72.8 cm³/mol. The number of rotatable bonds is 3. The maximum atomic E-state index is 4.75. The van der Waals surface area contributed by atoms with E-state index in [1.165, 1.54) is 19.6 Å². The molecule has 1 N–H and O–H groups in total. The molecule has 0 aliphatic carbocycles. The molecule has 0 heterocycles. The monoisotopic (exact) mass is 243 g/mol. The molecule has 0 rings (SSSR count). The van der Waals surface area contributed by atoms with Crippen LogP contribution in [-0.4, -0.2) is 33.0 Å². The fourth-order valence-electron chi connectivity index (χ4n) is 0.750. The molecule has 1 nitrogen and oxygen atoms in total. The van der Waals surface area contributed by atoms with Crippen molar-refractivity contribution >= 4 is 29.3 Å². The molecule has 84 valence electrons. The molecule has 0 aliphatic heterocycles. The number of quaternary nitrogens is 1. The van der Waals surface area contributed by atoms with Crippen LogP contribution in [0.25, 0.3) is 0 Å². The summed E-state index contributed by atoms with van der Waals surface area (Å²) in [6.07, 6.45) is 0. The first kappa shape index (κ1) is 19.5. The largest absolute Gasteiger partial charge is 0.747 e. The Morgan fingerprint density at radius 3 is 1.23 bits per heavy atom. The van der Waals surface area contributed by atoms with Crippen molar-refractivity contribution in [2.24, 2.45) is 0 Å². The van der Waals surface area contributed by atoms with E-state index >= 15 is 0 Å². The minimum atomic E-state index is -1.22. The van der Waals surface area contributed by atoms with E-state index in [0.717, 1.165) is 0 Å². The van der Waals surface area contributed by atoms with Gasteiger partial charge in [-0.15, -0.1) is 11.8 Å². The van der Waals surface area contributed by atoms with E-state index in [1.54, 1.807) is 4.90 Å². The van der Waals surface area contributed by atoms with Crippen LogP contribution in [0.2, 0.25) is 0 Å². The highest BCUT2D eigenvalue weighted by atomic mass is 32.9. The Labute approximate surface area is 95.5 Å². The summed E-state index contributed by atoms with van der Waals surface area (Å²) < 4.78 is 0. The smallest absolute Gasteiger partial charge is 0.0742 e. The van der Waals surface area contributed by atoms with Crippen LogP contribution in [0.4, 0.5) is 0 Å². The minimum absolute atomic E-state index is 0. The second-order valence-electron chi connectivity index (χ2n) is 3.06. The molecule has 0 spiro atoms. The molecule has 4 heteroatoms. The first-order valence-corrected chi connectivity index (χ1v) is 9.15. The van der Waals surface area contributed by atoms with E-state index in [1.807, 2.05) is 13.3 Å². The molecule has 13 heavy (non-hydrogen) atoms. The van der Waals surface area contributed by atoms with Crippen molar-refractivity contribution in [3.05, 3.63) is 0 Å². The zero-order valence-corrected chi connectivity index (χ0v) is 11.4. The predicted octanol–water partition coefficient (Wildman–Crippen LogP) is 1.75. The summed E-state index contributed by atoms with van der Waals surface area (Å²) in [5.41, 5.74) is 0. The van der Waals surface area contributed by atoms with E-state index in [-0.39, 0.29) is 7.43 Å². The van der Waals surface area contributed by atoms with E-state index in [0.29, 0.717) is 0 Å². The Morgan fingerprint density at radius 1 is 1.08 bits per heavy atom. The van der Waals surface area contributed by atoms with Crippen molar-refractivity contribution in [1.82, 2.24) is 0 Å². The summed E-state index contributed by atoms with van der Waals surface area (Å²) in [7, 11) is 0. The lowest BCUT2D eigenvalue weighted by molar-refractivity contribution is -0.894. The summed E-state index contributed by atoms with van der Waals surface area (Å²) in [5.74, 6) is 0. The molecule has 0 saturated carbocycles. The Hall–Kier alpha value is 0.960. The van der Waals surface area contributed by atoms with Crippen LogP contribution < -0.4 is 4.90 Å². The standard InChI is InChI=1S/C6H15N.C2H7PS2.CH4/c1-4-7(5-2)6-3;1-3(2,4)5;/h4-6H2,1-3H3;1-2H3,(H,4,5);1H4. The Kier molecular flexibility index (Phi) is 16.6. The van der Waals surface area contributed by atoms with Gasteiger partial charge in [-0.1, -0.05) is 20.8 Å². The van der Waals surface area contributed by atoms with Crippen LogP contribution >= 0.6 is 5.24 Å². The summed E-state index contributed by atoms with van der Waals surface area (Å²) >= 11 is 9.50. The van der Waals surface area contributed by atoms with Crippen LogP contribution in [0.3, 0.4) is 0 Å². The van der Waals surface area contributed by atoms with Crippen LogP contribution in [0.1, 0.15) is 28.2 Å². The average Bonchev–Trinajstić information content (AvgIpc) is 1.88. The van der Waals surface area contributed by atoms with Gasteiger partial charge < -0.3 is 17.1 Å². The van der Waals surface area contributed by atoms with E-state index in [9.17, 15) is 0 Å². The molecule has 0 saturated heterocycles. The second-order valence-corrected chi connectivity index (χ2v) is 11.7. The Morgan fingerprint density at radius 2 is 1.23 bits per heavy atom. The highest BCUT2D eigenvalue weighted by Gasteiger charge is 1.92. The third kappa shape index (κ3) is 32.1. The van der Waals surface area contributed by atoms with Gasteiger partial charge in [0.25, 0.3) is 0 Å². The fourth-order valence-corrected chi connectivity index (χ4v) is 0.750. The molecular weight excluding hydrogens is 217 g/mol. The van der Waals surface area contributed by atoms with Gasteiger partial charge in [-0.25, -0.2) is 0 Å². The number of hydrogen-bond acceptors (Lipinski definition) is 2. The normalized spacial score (nSPS) is 10.1. The van der Waals surface area contributed by atoms with E-state index < -0.39 is 5.24 Å². The highest BCUT2D eigenvalue weighted by molar-refractivity contribution is 8.54. The van der Waals surface area contributed by atoms with E-state index in [2.05, 4.69) is 20.8 Å². The molecule has 0 aromatic carbocycles. The topological polar surface area (TPSA) is 4.44 Å². The highest BCUT2D eigenvalue weighted by Crippen LogP contribution is 2.31. The third-order valence-corrected chi connectivity index (χ3v) is 1.50. The molecule has 0 aromatic heterocycles. The molecule has 0 amide bonds. The molecule has 0 atom stereocenters. The van der Waals surface area contributed by atoms with Gasteiger partial charge in [0.2, 0.25) is 0 Å². The summed E-state index contributed by atoms with van der Waals surface area (Å²) in [5, 5.41) is -1.22. The lowest BCUT2D eigenvalue weighted by atomic mass is 10.5. The van der Waals surface area contributed by atoms with Crippen molar-refractivity contribution in [1.29, 1.82) is 0 Å². The SMILES string of the molecule is C.CC[NH+](CC)CC.CP(C)(=S)[S-]. The van der Waals surface area contributed by atoms with Gasteiger partial charge in [0, 0.05) is 0 Å². The molecule has 0 bridgehead atoms. The average molecular weight is 243 g/mol. The molecular formula is C9H26NPS2. The van der Waals surface area contributed by atoms with Crippen LogP contribution in [0.5, 0.6) is 0 Å². The second kappa shape index (κ2) is 11.0. The zero-order valence-electron chi connectivity index (χ0n) is 8.89. The number of hydrogen-bond donors (Lipinski definition) is 1. The lowest BCUT2D eigenvalue weighted by Gasteiger charge is -2.12. The summed E-state index contributed by atoms with van der Waals surface area (Å²) in [4.78, 5) is 1.68. The molecule has 0 aromatic rings. The quantitative estimate of drug-likeness (QED) is 0.595. The van der Waals surface area contributed by atoms with Crippen molar-refractivity contribution in [2.75, 3.05) is 33.0 Å². The Bertz CT molecular complexity index is 116. The molecule has 0 aliphatic rings. The Balaban J connectivity index is -0.000000150. The van der Waals surface area contributed by atoms with E-state index in [4.69, 9.17) is 24.1 Å². The van der Waals surface area contributed by atoms with Crippen molar-refractivity contribution in [3.63, 3.8) is 0 Å². The van der Waals surface area contributed by atoms with Crippen molar-refractivity contribution < 1.29 is 4.90 Å². The van der Waals surface area contributed by atoms with Crippen LogP contribution in [0, 0.1) is 0 Å². The minimum Gasteiger partial charge on any atom is -0.747 e. The summed E-state index contributed by atoms with van der Waals surface area (Å²) in [6.45, 7) is 14.3. The van der Waals surface area contributed by atoms with Gasteiger partial charge in [0.05, 0.1) is 19.6 Å². The van der Waals surface area contributed by atoms with Gasteiger partial charge in [0.15, 0.2) is 0 Å². The van der Waals surface area contributed by atoms with Crippen LogP contribution in [-0.2, 0) is 24.1 Å². The van der Waals surface area contributed by atoms with Crippen molar-refractivity contribution in [2.45, 2.75) is 28.2 Å². The van der Waals surface area contributed by atoms with Gasteiger partial charge >= 0.3 is 0 Å². The van der Waals surface area contributed by atoms with Crippen molar-refractivity contribution in [3.8, 4) is 0 Å². The van der Waals surface area contributed by atoms with Gasteiger partial charge in [-0.2, -0.15) is 5.24 Å². The third-order valence-electron chi connectivity index (χ3n) is 1.50. The van der Waals surface area contributed by atoms with Crippen LogP contribution in [0.15, 0.2) is 0 Å². The molecule has 0 unspecified atom stereocenters. The first-order valence-electron chi connectivity index (χ1n) is 4.44. The molecule has 0 radical (unpaired) electrons. The first-order chi connectivity index (χ1) is 5.35. The fraction of sp³-hybridized carbons (Fsp3) is 1.00. The maximum Gasteiger partial charge on any atom is 0.0742 e. The molecule has 0 fully saturated rings. The van der Waals surface area contributed by atoms with Gasteiger partial charge in [-0.3, -0.25) is 0 Å². The zero-order chi connectivity index (χ0) is 10.2. The number of nitrogens with one attached hydrogen (secondary N) is 1. The maximum absolute atomic E-state index is 4.75. The summed E-state index contributed by atoms with van der Waals surface area (Å²) in [6, 6.07) is 0. The van der Waals surface area contributed by atoms with Gasteiger partial charge in [0.1, 0.15) is 0 Å². The van der Waals surface area contributed by atoms with Gasteiger partial charge in [-0.05, 0) is 20.8 Å². The lowest BCUT2D eigenvalue weighted by Crippen LogP contribution is -3.11.